The Morgan fingerprint density at radius 3 is 2.73 bits per heavy atom. The molecular weight excluding hydrogens is 516 g/mol. The largest absolute Gasteiger partial charge is 0.488 e. The minimum atomic E-state index is -0.416. The number of tetrazole rings is 1. The van der Waals surface area contributed by atoms with Gasteiger partial charge in [-0.25, -0.2) is 9.48 Å². The van der Waals surface area contributed by atoms with Crippen LogP contribution in [0.1, 0.15) is 51.5 Å². The quantitative estimate of drug-likeness (QED) is 0.441. The van der Waals surface area contributed by atoms with Crippen LogP contribution in [0.5, 0.6) is 5.75 Å². The number of fused-ring (bicyclic) bond motifs is 1. The number of amides is 4. The molecule has 13 nitrogen and oxygen atoms in total. The van der Waals surface area contributed by atoms with Crippen molar-refractivity contribution in [3.8, 4) is 5.75 Å². The Hall–Kier alpha value is -3.74. The van der Waals surface area contributed by atoms with Crippen molar-refractivity contribution in [1.82, 2.24) is 35.3 Å². The van der Waals surface area contributed by atoms with Gasteiger partial charge in [0.2, 0.25) is 11.8 Å². The first-order valence-corrected chi connectivity index (χ1v) is 14.0. The minimum Gasteiger partial charge on any atom is -0.488 e. The molecule has 1 saturated carbocycles. The molecule has 0 unspecified atom stereocenters. The Labute approximate surface area is 234 Å². The number of aliphatic hydroxyl groups is 1. The summed E-state index contributed by atoms with van der Waals surface area (Å²) < 4.78 is 7.80. The first-order valence-electron chi connectivity index (χ1n) is 14.0. The van der Waals surface area contributed by atoms with Gasteiger partial charge < -0.3 is 30.3 Å². The fraction of sp³-hybridized carbons (Fsp3) is 0.630. The second-order valence-electron chi connectivity index (χ2n) is 10.9. The minimum absolute atomic E-state index is 0.0355. The molecular formula is C27H40N8O5. The molecule has 40 heavy (non-hydrogen) atoms. The number of rotatable bonds is 8. The van der Waals surface area contributed by atoms with Gasteiger partial charge in [-0.15, -0.1) is 5.10 Å². The molecule has 1 fully saturated rings. The van der Waals surface area contributed by atoms with Crippen molar-refractivity contribution in [2.24, 2.45) is 5.92 Å². The average molecular weight is 557 g/mol. The van der Waals surface area contributed by atoms with Crippen molar-refractivity contribution >= 4 is 23.5 Å². The number of aliphatic hydroxyl groups excluding tert-OH is 1. The zero-order valence-electron chi connectivity index (χ0n) is 23.5. The monoisotopic (exact) mass is 556 g/mol. The van der Waals surface area contributed by atoms with E-state index in [1.54, 1.807) is 42.0 Å². The third-order valence-electron chi connectivity index (χ3n) is 7.63. The van der Waals surface area contributed by atoms with Crippen molar-refractivity contribution in [3.63, 3.8) is 0 Å². The number of benzene rings is 1. The van der Waals surface area contributed by atoms with E-state index in [1.807, 2.05) is 6.92 Å². The van der Waals surface area contributed by atoms with E-state index in [0.717, 1.165) is 25.7 Å². The lowest BCUT2D eigenvalue weighted by Crippen LogP contribution is -2.50. The molecule has 0 bridgehead atoms. The van der Waals surface area contributed by atoms with Crippen LogP contribution >= 0.6 is 0 Å². The van der Waals surface area contributed by atoms with E-state index in [9.17, 15) is 19.5 Å². The Morgan fingerprint density at radius 1 is 1.25 bits per heavy atom. The summed E-state index contributed by atoms with van der Waals surface area (Å²) in [7, 11) is 1.75. The number of ether oxygens (including phenoxy) is 1. The van der Waals surface area contributed by atoms with Crippen LogP contribution in [0.3, 0.4) is 0 Å². The highest BCUT2D eigenvalue weighted by molar-refractivity contribution is 5.91. The van der Waals surface area contributed by atoms with E-state index in [2.05, 4.69) is 26.2 Å². The molecule has 1 aliphatic heterocycles. The third kappa shape index (κ3) is 7.68. The molecule has 3 N–H and O–H groups in total. The van der Waals surface area contributed by atoms with Crippen LogP contribution in [-0.4, -0.2) is 97.9 Å². The maximum Gasteiger partial charge on any atom is 0.317 e. The van der Waals surface area contributed by atoms with Crippen molar-refractivity contribution in [2.75, 3.05) is 32.1 Å². The molecule has 3 atom stereocenters. The maximum atomic E-state index is 13.4. The molecule has 2 aliphatic rings. The van der Waals surface area contributed by atoms with Crippen LogP contribution in [0, 0.1) is 5.92 Å². The first-order chi connectivity index (χ1) is 19.2. The van der Waals surface area contributed by atoms with Crippen LogP contribution in [0.2, 0.25) is 0 Å². The molecule has 4 amide bonds. The van der Waals surface area contributed by atoms with E-state index in [1.165, 1.54) is 17.4 Å². The van der Waals surface area contributed by atoms with E-state index in [0.29, 0.717) is 30.1 Å². The number of nitrogens with one attached hydrogen (secondary N) is 2. The van der Waals surface area contributed by atoms with Gasteiger partial charge in [0.15, 0.2) is 0 Å². The van der Waals surface area contributed by atoms with Gasteiger partial charge in [-0.2, -0.15) is 0 Å². The molecule has 13 heteroatoms. The van der Waals surface area contributed by atoms with Crippen molar-refractivity contribution in [3.05, 3.63) is 30.1 Å². The predicted molar refractivity (Wildman–Crippen MR) is 146 cm³/mol. The summed E-state index contributed by atoms with van der Waals surface area (Å²) in [5.41, 5.74) is 1.11. The van der Waals surface area contributed by atoms with Crippen molar-refractivity contribution < 1.29 is 24.2 Å². The number of nitrogens with zero attached hydrogens (tertiary/aromatic N) is 6. The number of anilines is 1. The number of carbonyl (C=O) groups is 3. The second-order valence-corrected chi connectivity index (χ2v) is 10.9. The van der Waals surface area contributed by atoms with Crippen LogP contribution in [-0.2, 0) is 22.6 Å². The number of urea groups is 1. The smallest absolute Gasteiger partial charge is 0.317 e. The lowest BCUT2D eigenvalue weighted by atomic mass is 9.96. The standard InChI is InChI=1S/C27H40N8O5/c1-18-13-35(19(2)16-36)26(38)12-20-11-22(29-25(37)15-34-17-28-31-32-34)9-10-23(20)40-24(18)14-33(3)27(39)30-21-7-5-4-6-8-21/h9-11,17-19,21,24,36H,4-8,12-16H2,1-3H3,(H,29,37)(H,30,39)/t18-,19-,24-/m0/s1. The Kier molecular flexibility index (Phi) is 9.91. The lowest BCUT2D eigenvalue weighted by molar-refractivity contribution is -0.134. The number of carbonyl (C=O) groups excluding carboxylic acids is 3. The van der Waals surface area contributed by atoms with Gasteiger partial charge in [0, 0.05) is 36.8 Å². The highest BCUT2D eigenvalue weighted by Gasteiger charge is 2.32. The number of hydrogen-bond donors (Lipinski definition) is 3. The lowest BCUT2D eigenvalue weighted by Gasteiger charge is -2.34. The summed E-state index contributed by atoms with van der Waals surface area (Å²) in [5, 5.41) is 26.6. The van der Waals surface area contributed by atoms with Crippen molar-refractivity contribution in [1.29, 1.82) is 0 Å². The molecule has 218 valence electrons. The second kappa shape index (κ2) is 13.6. The first kappa shape index (κ1) is 29.2. The molecule has 4 rings (SSSR count). The molecule has 2 aromatic rings. The summed E-state index contributed by atoms with van der Waals surface area (Å²) in [4.78, 5) is 42.2. The van der Waals surface area contributed by atoms with Gasteiger partial charge in [0.25, 0.3) is 0 Å². The molecule has 0 spiro atoms. The zero-order chi connectivity index (χ0) is 28.6. The summed E-state index contributed by atoms with van der Waals surface area (Å²) in [6, 6.07) is 4.84. The van der Waals surface area contributed by atoms with E-state index >= 15 is 0 Å². The molecule has 1 aliphatic carbocycles. The number of likely N-dealkylation sites (N-methyl/N-ethyl adjacent to an activating group) is 1. The van der Waals surface area contributed by atoms with E-state index in [4.69, 9.17) is 4.74 Å². The molecule has 0 saturated heterocycles. The maximum absolute atomic E-state index is 13.4. The summed E-state index contributed by atoms with van der Waals surface area (Å²) >= 11 is 0. The third-order valence-corrected chi connectivity index (χ3v) is 7.63. The zero-order valence-corrected chi connectivity index (χ0v) is 23.5. The van der Waals surface area contributed by atoms with Gasteiger partial charge in [0.05, 0.1) is 25.6 Å². The molecule has 2 heterocycles. The van der Waals surface area contributed by atoms with E-state index < -0.39 is 6.10 Å². The number of hydrogen-bond acceptors (Lipinski definition) is 8. The number of aromatic nitrogens is 4. The SMILES string of the molecule is C[C@H]1CN([C@@H](C)CO)C(=O)Cc2cc(NC(=O)Cn3cnnn3)ccc2O[C@H]1CN(C)C(=O)NC1CCCCC1. The normalized spacial score (nSPS) is 20.8. The average Bonchev–Trinajstić information content (AvgIpc) is 3.45. The van der Waals surface area contributed by atoms with Crippen LogP contribution < -0.4 is 15.4 Å². The Bertz CT molecular complexity index is 1150. The van der Waals surface area contributed by atoms with Gasteiger partial charge >= 0.3 is 6.03 Å². The van der Waals surface area contributed by atoms with Crippen LogP contribution in [0.4, 0.5) is 10.5 Å². The summed E-state index contributed by atoms with van der Waals surface area (Å²) in [6.45, 7) is 4.25. The summed E-state index contributed by atoms with van der Waals surface area (Å²) in [6.07, 6.45) is 6.42. The van der Waals surface area contributed by atoms with Crippen molar-refractivity contribution in [2.45, 2.75) is 77.1 Å². The predicted octanol–water partition coefficient (Wildman–Crippen LogP) is 1.43. The van der Waals surface area contributed by atoms with E-state index in [-0.39, 0.29) is 55.4 Å². The Morgan fingerprint density at radius 2 is 2.02 bits per heavy atom. The topological polar surface area (TPSA) is 155 Å². The van der Waals surface area contributed by atoms with Gasteiger partial charge in [-0.1, -0.05) is 26.2 Å². The Balaban J connectivity index is 1.53. The highest BCUT2D eigenvalue weighted by Crippen LogP contribution is 2.29. The fourth-order valence-corrected chi connectivity index (χ4v) is 5.21. The fourth-order valence-electron chi connectivity index (χ4n) is 5.21. The van der Waals surface area contributed by atoms with Crippen LogP contribution in [0.15, 0.2) is 24.5 Å². The van der Waals surface area contributed by atoms with Gasteiger partial charge in [-0.05, 0) is 48.4 Å². The van der Waals surface area contributed by atoms with Gasteiger partial charge in [0.1, 0.15) is 24.7 Å². The highest BCUT2D eigenvalue weighted by atomic mass is 16.5. The van der Waals surface area contributed by atoms with Gasteiger partial charge in [-0.3, -0.25) is 9.59 Å². The van der Waals surface area contributed by atoms with Crippen LogP contribution in [0.25, 0.3) is 0 Å². The molecule has 1 aromatic heterocycles. The molecule has 0 radical (unpaired) electrons. The molecule has 1 aromatic carbocycles. The summed E-state index contributed by atoms with van der Waals surface area (Å²) in [5.74, 6) is -0.0950.